The highest BCUT2D eigenvalue weighted by molar-refractivity contribution is 6.45. The number of amides is 1. The molecule has 0 aromatic heterocycles. The molecule has 0 aliphatic heterocycles. The third-order valence-corrected chi connectivity index (χ3v) is 4.45. The van der Waals surface area contributed by atoms with E-state index in [0.717, 1.165) is 24.0 Å². The molecule has 0 radical (unpaired) electrons. The Balaban J connectivity index is 2.22. The smallest absolute Gasteiger partial charge is 0.270 e. The van der Waals surface area contributed by atoms with E-state index in [1.807, 2.05) is 30.3 Å². The third kappa shape index (κ3) is 5.83. The molecule has 1 atom stereocenters. The Morgan fingerprint density at radius 3 is 2.19 bits per heavy atom. The van der Waals surface area contributed by atoms with Gasteiger partial charge in [-0.25, -0.2) is 0 Å². The van der Waals surface area contributed by atoms with Crippen molar-refractivity contribution in [2.45, 2.75) is 46.6 Å². The van der Waals surface area contributed by atoms with Gasteiger partial charge in [-0.05, 0) is 30.7 Å². The summed E-state index contributed by atoms with van der Waals surface area (Å²) in [4.78, 5) is 17.1. The maximum absolute atomic E-state index is 12.9. The van der Waals surface area contributed by atoms with Crippen LogP contribution in [0, 0.1) is 12.3 Å². The highest BCUT2D eigenvalue weighted by atomic mass is 16.1. The number of aliphatic imine (C=N–C) groups is 1. The molecular weight excluding hydrogens is 320 g/mol. The summed E-state index contributed by atoms with van der Waals surface area (Å²) in [5.41, 5.74) is 3.88. The quantitative estimate of drug-likeness (QED) is 0.724. The number of carbonyl (C=O) groups is 1. The van der Waals surface area contributed by atoms with Gasteiger partial charge in [-0.3, -0.25) is 9.79 Å². The van der Waals surface area contributed by atoms with Gasteiger partial charge in [0, 0.05) is 12.6 Å². The lowest BCUT2D eigenvalue weighted by atomic mass is 9.87. The summed E-state index contributed by atoms with van der Waals surface area (Å²) >= 11 is 0. The maximum atomic E-state index is 12.9. The lowest BCUT2D eigenvalue weighted by molar-refractivity contribution is -0.115. The van der Waals surface area contributed by atoms with Gasteiger partial charge in [0.25, 0.3) is 5.91 Å². The number of benzene rings is 2. The van der Waals surface area contributed by atoms with E-state index in [0.29, 0.717) is 5.71 Å². The van der Waals surface area contributed by atoms with Crippen LogP contribution < -0.4 is 5.32 Å². The van der Waals surface area contributed by atoms with Crippen molar-refractivity contribution in [1.82, 2.24) is 5.32 Å². The van der Waals surface area contributed by atoms with Crippen LogP contribution in [-0.4, -0.2) is 18.7 Å². The van der Waals surface area contributed by atoms with Crippen LogP contribution in [0.5, 0.6) is 0 Å². The molecule has 0 aliphatic rings. The summed E-state index contributed by atoms with van der Waals surface area (Å²) in [6.45, 7) is 8.75. The van der Waals surface area contributed by atoms with Crippen molar-refractivity contribution in [1.29, 1.82) is 0 Å². The zero-order valence-corrected chi connectivity index (χ0v) is 16.5. The Hall–Kier alpha value is -2.42. The van der Waals surface area contributed by atoms with Crippen LogP contribution in [0.25, 0.3) is 0 Å². The first-order valence-electron chi connectivity index (χ1n) is 9.20. The highest BCUT2D eigenvalue weighted by Gasteiger charge is 2.21. The van der Waals surface area contributed by atoms with E-state index < -0.39 is 0 Å². The van der Waals surface area contributed by atoms with E-state index in [1.165, 1.54) is 5.56 Å². The van der Waals surface area contributed by atoms with E-state index in [-0.39, 0.29) is 17.4 Å². The first-order valence-corrected chi connectivity index (χ1v) is 9.20. The van der Waals surface area contributed by atoms with Crippen LogP contribution >= 0.6 is 0 Å². The van der Waals surface area contributed by atoms with E-state index in [1.54, 1.807) is 7.05 Å². The number of aryl methyl sites for hydroxylation is 1. The molecule has 0 bridgehead atoms. The summed E-state index contributed by atoms with van der Waals surface area (Å²) in [5.74, 6) is -0.127. The molecule has 3 nitrogen and oxygen atoms in total. The highest BCUT2D eigenvalue weighted by Crippen LogP contribution is 2.27. The summed E-state index contributed by atoms with van der Waals surface area (Å²) in [5, 5.41) is 3.21. The van der Waals surface area contributed by atoms with Gasteiger partial charge < -0.3 is 5.32 Å². The van der Waals surface area contributed by atoms with Crippen molar-refractivity contribution >= 4 is 11.6 Å². The van der Waals surface area contributed by atoms with E-state index >= 15 is 0 Å². The monoisotopic (exact) mass is 350 g/mol. The second kappa shape index (κ2) is 8.79. The first kappa shape index (κ1) is 19.9. The topological polar surface area (TPSA) is 41.5 Å². The van der Waals surface area contributed by atoms with Gasteiger partial charge in [0.1, 0.15) is 5.71 Å². The minimum absolute atomic E-state index is 0.0252. The minimum atomic E-state index is -0.127. The van der Waals surface area contributed by atoms with Crippen LogP contribution in [-0.2, 0) is 4.79 Å². The Kier molecular flexibility index (Phi) is 6.73. The molecule has 2 aromatic rings. The standard InChI is InChI=1S/C23H30N2O/c1-17-11-13-18(14-12-17)20(15-16-23(2,3)4)25-22(26)21(24-5)19-9-7-6-8-10-19/h6-14,20H,15-16H2,1-5H3,(H,25,26). The fourth-order valence-electron chi connectivity index (χ4n) is 2.88. The molecule has 0 fully saturated rings. The van der Waals surface area contributed by atoms with Gasteiger partial charge in [-0.2, -0.15) is 0 Å². The van der Waals surface area contributed by atoms with E-state index in [2.05, 4.69) is 62.3 Å². The normalized spacial score (nSPS) is 13.3. The molecule has 2 aromatic carbocycles. The fourth-order valence-corrected chi connectivity index (χ4v) is 2.88. The van der Waals surface area contributed by atoms with E-state index in [4.69, 9.17) is 0 Å². The summed E-state index contributed by atoms with van der Waals surface area (Å²) in [6.07, 6.45) is 1.92. The lowest BCUT2D eigenvalue weighted by Crippen LogP contribution is -2.35. The largest absolute Gasteiger partial charge is 0.344 e. The SMILES string of the molecule is CN=C(C(=O)NC(CCC(C)(C)C)c1ccc(C)cc1)c1ccccc1. The first-order chi connectivity index (χ1) is 12.3. The maximum Gasteiger partial charge on any atom is 0.270 e. The van der Waals surface area contributed by atoms with Crippen molar-refractivity contribution in [2.24, 2.45) is 10.4 Å². The van der Waals surface area contributed by atoms with Crippen LogP contribution in [0.4, 0.5) is 0 Å². The molecule has 1 unspecified atom stereocenters. The molecule has 26 heavy (non-hydrogen) atoms. The van der Waals surface area contributed by atoms with Crippen molar-refractivity contribution in [3.8, 4) is 0 Å². The average Bonchev–Trinajstić information content (AvgIpc) is 2.60. The van der Waals surface area contributed by atoms with Crippen LogP contribution in [0.15, 0.2) is 59.6 Å². The molecule has 1 amide bonds. The Morgan fingerprint density at radius 1 is 1.04 bits per heavy atom. The minimum Gasteiger partial charge on any atom is -0.344 e. The second-order valence-corrected chi connectivity index (χ2v) is 7.97. The molecule has 0 spiro atoms. The summed E-state index contributed by atoms with van der Waals surface area (Å²) < 4.78 is 0. The van der Waals surface area contributed by atoms with Crippen molar-refractivity contribution < 1.29 is 4.79 Å². The van der Waals surface area contributed by atoms with Crippen LogP contribution in [0.3, 0.4) is 0 Å². The predicted octanol–water partition coefficient (Wildman–Crippen LogP) is 5.10. The predicted molar refractivity (Wildman–Crippen MR) is 110 cm³/mol. The Morgan fingerprint density at radius 2 is 1.65 bits per heavy atom. The Labute approximate surface area is 157 Å². The van der Waals surface area contributed by atoms with Gasteiger partial charge in [-0.1, -0.05) is 80.9 Å². The number of nitrogens with zero attached hydrogens (tertiary/aromatic N) is 1. The van der Waals surface area contributed by atoms with Crippen molar-refractivity contribution in [3.05, 3.63) is 71.3 Å². The van der Waals surface area contributed by atoms with E-state index in [9.17, 15) is 4.79 Å². The molecule has 1 N–H and O–H groups in total. The van der Waals surface area contributed by atoms with Gasteiger partial charge in [-0.15, -0.1) is 0 Å². The van der Waals surface area contributed by atoms with Gasteiger partial charge in [0.2, 0.25) is 0 Å². The average molecular weight is 351 g/mol. The number of hydrogen-bond acceptors (Lipinski definition) is 2. The summed E-state index contributed by atoms with van der Waals surface area (Å²) in [6, 6.07) is 18.0. The Bertz CT molecular complexity index is 740. The van der Waals surface area contributed by atoms with Crippen molar-refractivity contribution in [3.63, 3.8) is 0 Å². The zero-order chi connectivity index (χ0) is 19.2. The van der Waals surface area contributed by atoms with Gasteiger partial charge in [0.15, 0.2) is 0 Å². The molecular formula is C23H30N2O. The second-order valence-electron chi connectivity index (χ2n) is 7.97. The fraction of sp³-hybridized carbons (Fsp3) is 0.391. The number of rotatable bonds is 6. The molecule has 2 rings (SSSR count). The molecule has 0 saturated heterocycles. The zero-order valence-electron chi connectivity index (χ0n) is 16.5. The molecule has 0 aliphatic carbocycles. The molecule has 0 saturated carbocycles. The number of nitrogens with one attached hydrogen (secondary N) is 1. The van der Waals surface area contributed by atoms with Gasteiger partial charge in [0.05, 0.1) is 6.04 Å². The molecule has 3 heteroatoms. The van der Waals surface area contributed by atoms with Crippen LogP contribution in [0.2, 0.25) is 0 Å². The van der Waals surface area contributed by atoms with Gasteiger partial charge >= 0.3 is 0 Å². The molecule has 0 heterocycles. The third-order valence-electron chi connectivity index (χ3n) is 4.45. The number of hydrogen-bond donors (Lipinski definition) is 1. The molecule has 138 valence electrons. The van der Waals surface area contributed by atoms with Crippen LogP contribution in [0.1, 0.15) is 56.3 Å². The van der Waals surface area contributed by atoms with Crippen molar-refractivity contribution in [2.75, 3.05) is 7.05 Å². The lowest BCUT2D eigenvalue weighted by Gasteiger charge is -2.25. The number of carbonyl (C=O) groups excluding carboxylic acids is 1. The summed E-state index contributed by atoms with van der Waals surface area (Å²) in [7, 11) is 1.66.